The van der Waals surface area contributed by atoms with Crippen molar-refractivity contribution in [2.75, 3.05) is 32.7 Å². The number of aliphatic hydroxyl groups is 1. The average molecular weight is 337 g/mol. The highest BCUT2D eigenvalue weighted by molar-refractivity contribution is 6.31. The Labute approximate surface area is 142 Å². The number of nitrogens with one attached hydrogen (secondary N) is 1. The van der Waals surface area contributed by atoms with Gasteiger partial charge in [-0.2, -0.15) is 0 Å². The fraction of sp³-hybridized carbons (Fsp3) is 0.556. The van der Waals surface area contributed by atoms with Crippen LogP contribution in [0.3, 0.4) is 0 Å². The molecule has 2 atom stereocenters. The molecule has 3 rings (SSSR count). The van der Waals surface area contributed by atoms with E-state index in [4.69, 9.17) is 16.0 Å². The maximum atomic E-state index is 10.6. The molecule has 0 bridgehead atoms. The van der Waals surface area contributed by atoms with Crippen LogP contribution in [0.5, 0.6) is 0 Å². The van der Waals surface area contributed by atoms with E-state index >= 15 is 0 Å². The predicted octanol–water partition coefficient (Wildman–Crippen LogP) is 2.84. The molecule has 0 spiro atoms. The molecule has 0 saturated carbocycles. The lowest BCUT2D eigenvalue weighted by Crippen LogP contribution is -2.46. The molecule has 4 nitrogen and oxygen atoms in total. The number of aryl methyl sites for hydroxylation is 1. The van der Waals surface area contributed by atoms with Crippen LogP contribution in [0.1, 0.15) is 18.2 Å². The van der Waals surface area contributed by atoms with Crippen LogP contribution >= 0.6 is 11.6 Å². The first-order valence-corrected chi connectivity index (χ1v) is 8.71. The summed E-state index contributed by atoms with van der Waals surface area (Å²) in [5, 5.41) is 15.7. The second-order valence-electron chi connectivity index (χ2n) is 6.59. The molecule has 0 radical (unpaired) electrons. The van der Waals surface area contributed by atoms with Crippen molar-refractivity contribution >= 4 is 22.6 Å². The summed E-state index contributed by atoms with van der Waals surface area (Å²) in [6.45, 7) is 9.25. The molecule has 1 saturated heterocycles. The van der Waals surface area contributed by atoms with Gasteiger partial charge in [0, 0.05) is 49.6 Å². The van der Waals surface area contributed by atoms with Crippen molar-refractivity contribution in [3.8, 4) is 0 Å². The summed E-state index contributed by atoms with van der Waals surface area (Å²) < 4.78 is 5.92. The van der Waals surface area contributed by atoms with Crippen molar-refractivity contribution in [1.29, 1.82) is 0 Å². The Morgan fingerprint density at radius 1 is 1.35 bits per heavy atom. The second-order valence-corrected chi connectivity index (χ2v) is 7.03. The van der Waals surface area contributed by atoms with E-state index in [0.717, 1.165) is 55.0 Å². The van der Waals surface area contributed by atoms with Gasteiger partial charge in [-0.3, -0.25) is 0 Å². The number of benzene rings is 1. The maximum absolute atomic E-state index is 10.6. The molecule has 1 aliphatic rings. The summed E-state index contributed by atoms with van der Waals surface area (Å²) in [5.74, 6) is 1.08. The summed E-state index contributed by atoms with van der Waals surface area (Å²) in [4.78, 5) is 2.41. The van der Waals surface area contributed by atoms with Gasteiger partial charge in [0.05, 0.1) is 6.10 Å². The van der Waals surface area contributed by atoms with Crippen LogP contribution in [0.2, 0.25) is 5.02 Å². The minimum absolute atomic E-state index is 0.212. The van der Waals surface area contributed by atoms with Gasteiger partial charge in [-0.15, -0.1) is 0 Å². The normalized spacial score (nSPS) is 19.1. The number of piperazine rings is 1. The molecule has 1 aliphatic heterocycles. The van der Waals surface area contributed by atoms with Gasteiger partial charge >= 0.3 is 0 Å². The Balaban J connectivity index is 1.67. The van der Waals surface area contributed by atoms with Crippen LogP contribution in [0.4, 0.5) is 0 Å². The highest BCUT2D eigenvalue weighted by Crippen LogP contribution is 2.29. The summed E-state index contributed by atoms with van der Waals surface area (Å²) >= 11 is 6.06. The number of fused-ring (bicyclic) bond motifs is 1. The first kappa shape index (κ1) is 16.8. The molecule has 0 aliphatic carbocycles. The molecular weight excluding hydrogens is 312 g/mol. The SMILES string of the molecule is Cc1c(CC(O)C(C)CN2CCNCC2)oc2ccc(Cl)cc12. The first-order valence-electron chi connectivity index (χ1n) is 8.33. The Hall–Kier alpha value is -1.07. The average Bonchev–Trinajstić information content (AvgIpc) is 2.84. The minimum Gasteiger partial charge on any atom is -0.461 e. The Kier molecular flexibility index (Phi) is 5.27. The molecular formula is C18H25ClN2O2. The molecule has 1 aromatic heterocycles. The number of hydrogen-bond acceptors (Lipinski definition) is 4. The third-order valence-corrected chi connectivity index (χ3v) is 5.04. The van der Waals surface area contributed by atoms with Gasteiger partial charge in [-0.25, -0.2) is 0 Å². The third-order valence-electron chi connectivity index (χ3n) is 4.80. The zero-order chi connectivity index (χ0) is 16.4. The quantitative estimate of drug-likeness (QED) is 0.881. The van der Waals surface area contributed by atoms with Crippen LogP contribution in [0, 0.1) is 12.8 Å². The topological polar surface area (TPSA) is 48.6 Å². The van der Waals surface area contributed by atoms with Crippen LogP contribution < -0.4 is 5.32 Å². The lowest BCUT2D eigenvalue weighted by atomic mass is 9.98. The Morgan fingerprint density at radius 3 is 2.83 bits per heavy atom. The highest BCUT2D eigenvalue weighted by atomic mass is 35.5. The summed E-state index contributed by atoms with van der Waals surface area (Å²) in [6.07, 6.45) is 0.144. The highest BCUT2D eigenvalue weighted by Gasteiger charge is 2.22. The van der Waals surface area contributed by atoms with E-state index in [9.17, 15) is 5.11 Å². The summed E-state index contributed by atoms with van der Waals surface area (Å²) in [6, 6.07) is 5.65. The van der Waals surface area contributed by atoms with E-state index in [1.54, 1.807) is 0 Å². The summed E-state index contributed by atoms with van der Waals surface area (Å²) in [7, 11) is 0. The van der Waals surface area contributed by atoms with Gasteiger partial charge in [0.25, 0.3) is 0 Å². The molecule has 126 valence electrons. The van der Waals surface area contributed by atoms with E-state index < -0.39 is 6.10 Å². The van der Waals surface area contributed by atoms with Gasteiger partial charge < -0.3 is 19.7 Å². The van der Waals surface area contributed by atoms with Crippen molar-refractivity contribution in [2.24, 2.45) is 5.92 Å². The zero-order valence-corrected chi connectivity index (χ0v) is 14.6. The van der Waals surface area contributed by atoms with Gasteiger partial charge in [0.15, 0.2) is 0 Å². The van der Waals surface area contributed by atoms with Crippen LogP contribution in [0.25, 0.3) is 11.0 Å². The first-order chi connectivity index (χ1) is 11.0. The molecule has 1 aromatic carbocycles. The molecule has 2 N–H and O–H groups in total. The molecule has 2 unspecified atom stereocenters. The fourth-order valence-corrected chi connectivity index (χ4v) is 3.42. The van der Waals surface area contributed by atoms with Gasteiger partial charge in [-0.1, -0.05) is 18.5 Å². The van der Waals surface area contributed by atoms with Crippen molar-refractivity contribution in [2.45, 2.75) is 26.4 Å². The number of nitrogens with zero attached hydrogens (tertiary/aromatic N) is 1. The van der Waals surface area contributed by atoms with E-state index in [0.29, 0.717) is 11.4 Å². The number of rotatable bonds is 5. The lowest BCUT2D eigenvalue weighted by molar-refractivity contribution is 0.0806. The van der Waals surface area contributed by atoms with Crippen molar-refractivity contribution in [3.05, 3.63) is 34.5 Å². The Morgan fingerprint density at radius 2 is 2.09 bits per heavy atom. The van der Waals surface area contributed by atoms with Crippen molar-refractivity contribution < 1.29 is 9.52 Å². The number of hydrogen-bond donors (Lipinski definition) is 2. The maximum Gasteiger partial charge on any atom is 0.134 e. The van der Waals surface area contributed by atoms with E-state index in [-0.39, 0.29) is 5.92 Å². The van der Waals surface area contributed by atoms with Crippen LogP contribution in [-0.4, -0.2) is 48.8 Å². The molecule has 23 heavy (non-hydrogen) atoms. The van der Waals surface area contributed by atoms with E-state index in [1.165, 1.54) is 0 Å². The number of furan rings is 1. The molecule has 2 heterocycles. The molecule has 5 heteroatoms. The zero-order valence-electron chi connectivity index (χ0n) is 13.8. The molecule has 2 aromatic rings. The fourth-order valence-electron chi connectivity index (χ4n) is 3.25. The number of halogens is 1. The molecule has 1 fully saturated rings. The van der Waals surface area contributed by atoms with Crippen molar-refractivity contribution in [1.82, 2.24) is 10.2 Å². The third kappa shape index (κ3) is 3.89. The Bertz CT molecular complexity index is 664. The van der Waals surface area contributed by atoms with Gasteiger partial charge in [0.2, 0.25) is 0 Å². The summed E-state index contributed by atoms with van der Waals surface area (Å²) in [5.41, 5.74) is 1.92. The lowest BCUT2D eigenvalue weighted by Gasteiger charge is -2.31. The number of aliphatic hydroxyl groups excluding tert-OH is 1. The minimum atomic E-state index is -0.403. The molecule has 0 amide bonds. The smallest absolute Gasteiger partial charge is 0.134 e. The van der Waals surface area contributed by atoms with Crippen LogP contribution in [0.15, 0.2) is 22.6 Å². The largest absolute Gasteiger partial charge is 0.461 e. The van der Waals surface area contributed by atoms with Gasteiger partial charge in [0.1, 0.15) is 11.3 Å². The van der Waals surface area contributed by atoms with E-state index in [1.807, 2.05) is 25.1 Å². The predicted molar refractivity (Wildman–Crippen MR) is 94.1 cm³/mol. The van der Waals surface area contributed by atoms with Gasteiger partial charge in [-0.05, 0) is 36.6 Å². The monoisotopic (exact) mass is 336 g/mol. The van der Waals surface area contributed by atoms with Crippen LogP contribution in [-0.2, 0) is 6.42 Å². The van der Waals surface area contributed by atoms with Crippen molar-refractivity contribution in [3.63, 3.8) is 0 Å². The van der Waals surface area contributed by atoms with E-state index in [2.05, 4.69) is 17.1 Å². The second kappa shape index (κ2) is 7.22. The standard InChI is InChI=1S/C18H25ClN2O2/c1-12(11-21-7-5-20-6-8-21)16(22)10-18-13(2)15-9-14(19)3-4-17(15)23-18/h3-4,9,12,16,20,22H,5-8,10-11H2,1-2H3.